The highest BCUT2D eigenvalue weighted by Crippen LogP contribution is 2.68. The van der Waals surface area contributed by atoms with Crippen molar-refractivity contribution in [3.63, 3.8) is 0 Å². The third kappa shape index (κ3) is 4.26. The Balaban J connectivity index is 1.44. The van der Waals surface area contributed by atoms with E-state index in [1.165, 1.54) is 70.6 Å². The predicted molar refractivity (Wildman–Crippen MR) is 133 cm³/mol. The maximum absolute atomic E-state index is 9.62. The summed E-state index contributed by atoms with van der Waals surface area (Å²) in [6, 6.07) is 0. The quantitative estimate of drug-likeness (QED) is 0.401. The van der Waals surface area contributed by atoms with Gasteiger partial charge in [0.05, 0.1) is 5.76 Å². The van der Waals surface area contributed by atoms with Crippen molar-refractivity contribution in [2.75, 3.05) is 0 Å². The molecule has 0 heterocycles. The van der Waals surface area contributed by atoms with Gasteiger partial charge >= 0.3 is 0 Å². The van der Waals surface area contributed by atoms with Crippen molar-refractivity contribution in [3.8, 4) is 0 Å². The molecule has 0 aromatic carbocycles. The van der Waals surface area contributed by atoms with Gasteiger partial charge in [-0.1, -0.05) is 47.6 Å². The third-order valence-electron chi connectivity index (χ3n) is 11.9. The van der Waals surface area contributed by atoms with Gasteiger partial charge in [0.25, 0.3) is 0 Å². The Hall–Kier alpha value is -0.460. The summed E-state index contributed by atoms with van der Waals surface area (Å²) in [4.78, 5) is 0. The number of hydrogen-bond acceptors (Lipinski definition) is 1. The van der Waals surface area contributed by atoms with Crippen molar-refractivity contribution >= 4 is 0 Å². The molecule has 0 bridgehead atoms. The van der Waals surface area contributed by atoms with Gasteiger partial charge in [-0.3, -0.25) is 0 Å². The van der Waals surface area contributed by atoms with E-state index in [9.17, 15) is 5.11 Å². The molecule has 10 atom stereocenters. The summed E-state index contributed by atoms with van der Waals surface area (Å²) in [5, 5.41) is 9.62. The second kappa shape index (κ2) is 9.06. The van der Waals surface area contributed by atoms with Crippen molar-refractivity contribution in [2.24, 2.45) is 58.2 Å². The van der Waals surface area contributed by atoms with Crippen LogP contribution >= 0.6 is 0 Å². The zero-order chi connectivity index (χ0) is 22.4. The average molecular weight is 429 g/mol. The van der Waals surface area contributed by atoms with Gasteiger partial charge in [0.2, 0.25) is 0 Å². The summed E-state index contributed by atoms with van der Waals surface area (Å²) in [6.45, 7) is 16.5. The van der Waals surface area contributed by atoms with Crippen LogP contribution in [0.25, 0.3) is 0 Å². The summed E-state index contributed by atoms with van der Waals surface area (Å²) < 4.78 is 0. The molecule has 4 fully saturated rings. The van der Waals surface area contributed by atoms with Crippen LogP contribution in [0.5, 0.6) is 0 Å². The van der Waals surface area contributed by atoms with Crippen LogP contribution in [-0.4, -0.2) is 5.11 Å². The van der Waals surface area contributed by atoms with Crippen LogP contribution in [0.15, 0.2) is 12.3 Å². The normalized spacial score (nSPS) is 46.5. The van der Waals surface area contributed by atoms with E-state index in [0.717, 1.165) is 60.2 Å². The molecule has 9 unspecified atom stereocenters. The Kier molecular flexibility index (Phi) is 6.92. The Bertz CT molecular complexity index is 638. The van der Waals surface area contributed by atoms with Crippen LogP contribution in [0.4, 0.5) is 0 Å². The molecule has 178 valence electrons. The summed E-state index contributed by atoms with van der Waals surface area (Å²) in [5.74, 6) is 7.85. The lowest BCUT2D eigenvalue weighted by atomic mass is 9.44. The van der Waals surface area contributed by atoms with E-state index in [0.29, 0.717) is 16.6 Å². The predicted octanol–water partition coefficient (Wildman–Crippen LogP) is 9.19. The van der Waals surface area contributed by atoms with Crippen LogP contribution in [0.1, 0.15) is 118 Å². The molecular formula is C30H52O. The second-order valence-corrected chi connectivity index (χ2v) is 13.4. The van der Waals surface area contributed by atoms with Crippen molar-refractivity contribution in [1.82, 2.24) is 0 Å². The number of hydrogen-bond donors (Lipinski definition) is 1. The zero-order valence-electron chi connectivity index (χ0n) is 21.5. The maximum Gasteiger partial charge on any atom is 0.0851 e. The highest BCUT2D eigenvalue weighted by molar-refractivity contribution is 5.09. The number of aliphatic hydroxyl groups is 1. The number of rotatable bonds is 7. The van der Waals surface area contributed by atoms with E-state index in [1.54, 1.807) is 0 Å². The molecule has 0 amide bonds. The van der Waals surface area contributed by atoms with Crippen molar-refractivity contribution in [2.45, 2.75) is 118 Å². The summed E-state index contributed by atoms with van der Waals surface area (Å²) >= 11 is 0. The largest absolute Gasteiger partial charge is 0.513 e. The minimum absolute atomic E-state index is 0.380. The van der Waals surface area contributed by atoms with Crippen molar-refractivity contribution in [3.05, 3.63) is 12.3 Å². The van der Waals surface area contributed by atoms with E-state index in [2.05, 4.69) is 41.2 Å². The Morgan fingerprint density at radius 1 is 0.968 bits per heavy atom. The third-order valence-corrected chi connectivity index (χ3v) is 11.9. The van der Waals surface area contributed by atoms with Crippen LogP contribution in [0.2, 0.25) is 0 Å². The highest BCUT2D eigenvalue weighted by Gasteiger charge is 2.60. The summed E-state index contributed by atoms with van der Waals surface area (Å²) in [7, 11) is 0. The first-order chi connectivity index (χ1) is 14.7. The van der Waals surface area contributed by atoms with E-state index >= 15 is 0 Å². The van der Waals surface area contributed by atoms with Crippen LogP contribution < -0.4 is 0 Å². The van der Waals surface area contributed by atoms with Gasteiger partial charge in [0.1, 0.15) is 0 Å². The first-order valence-corrected chi connectivity index (χ1v) is 14.1. The minimum atomic E-state index is 0.380. The zero-order valence-corrected chi connectivity index (χ0v) is 21.5. The van der Waals surface area contributed by atoms with Crippen molar-refractivity contribution < 1.29 is 5.11 Å². The lowest BCUT2D eigenvalue weighted by molar-refractivity contribution is -0.122. The molecule has 0 saturated heterocycles. The van der Waals surface area contributed by atoms with Crippen molar-refractivity contribution in [1.29, 1.82) is 0 Å². The molecule has 4 aliphatic carbocycles. The van der Waals surface area contributed by atoms with E-state index in [1.807, 2.05) is 0 Å². The Morgan fingerprint density at radius 3 is 2.39 bits per heavy atom. The fourth-order valence-corrected chi connectivity index (χ4v) is 9.87. The molecular weight excluding hydrogens is 376 g/mol. The average Bonchev–Trinajstić information content (AvgIpc) is 3.09. The molecule has 1 N–H and O–H groups in total. The first kappa shape index (κ1) is 23.7. The minimum Gasteiger partial charge on any atom is -0.513 e. The van der Waals surface area contributed by atoms with Gasteiger partial charge in [-0.05, 0) is 129 Å². The summed E-state index contributed by atoms with van der Waals surface area (Å²) in [6.07, 6.45) is 18.2. The lowest BCUT2D eigenvalue weighted by Gasteiger charge is -2.61. The van der Waals surface area contributed by atoms with Crippen LogP contribution in [0, 0.1) is 58.2 Å². The maximum atomic E-state index is 9.62. The van der Waals surface area contributed by atoms with E-state index in [-0.39, 0.29) is 0 Å². The molecule has 4 rings (SSSR count). The van der Waals surface area contributed by atoms with Gasteiger partial charge in [-0.2, -0.15) is 0 Å². The lowest BCUT2D eigenvalue weighted by Crippen LogP contribution is -2.53. The second-order valence-electron chi connectivity index (χ2n) is 13.4. The molecule has 4 saturated carbocycles. The number of allylic oxidation sites excluding steroid dienone is 1. The van der Waals surface area contributed by atoms with Gasteiger partial charge in [0, 0.05) is 6.42 Å². The SMILES string of the molecule is C=C(O)CCC(C)C1CCC2C3CCC4CC(C[C@H](C)CC)CCC4(C)C3CCC12C. The number of aliphatic hydroxyl groups excluding tert-OH is 1. The molecule has 0 aromatic rings. The molecule has 0 aromatic heterocycles. The molecule has 4 aliphatic rings. The van der Waals surface area contributed by atoms with Gasteiger partial charge in [-0.15, -0.1) is 0 Å². The van der Waals surface area contributed by atoms with E-state index in [4.69, 9.17) is 0 Å². The molecule has 0 radical (unpaired) electrons. The fourth-order valence-electron chi connectivity index (χ4n) is 9.87. The fraction of sp³-hybridized carbons (Fsp3) is 0.933. The molecule has 1 heteroatoms. The molecule has 1 nitrogen and oxygen atoms in total. The van der Waals surface area contributed by atoms with Gasteiger partial charge in [0.15, 0.2) is 0 Å². The Morgan fingerprint density at radius 2 is 1.68 bits per heavy atom. The topological polar surface area (TPSA) is 20.2 Å². The smallest absolute Gasteiger partial charge is 0.0851 e. The van der Waals surface area contributed by atoms with Crippen LogP contribution in [-0.2, 0) is 0 Å². The Labute approximate surface area is 193 Å². The highest BCUT2D eigenvalue weighted by atomic mass is 16.3. The molecule has 31 heavy (non-hydrogen) atoms. The molecule has 0 aliphatic heterocycles. The first-order valence-electron chi connectivity index (χ1n) is 14.1. The van der Waals surface area contributed by atoms with E-state index < -0.39 is 0 Å². The summed E-state index contributed by atoms with van der Waals surface area (Å²) in [5.41, 5.74) is 1.18. The number of fused-ring (bicyclic) bond motifs is 5. The van der Waals surface area contributed by atoms with Gasteiger partial charge < -0.3 is 5.11 Å². The van der Waals surface area contributed by atoms with Gasteiger partial charge in [-0.25, -0.2) is 0 Å². The molecule has 0 spiro atoms. The van der Waals surface area contributed by atoms with Crippen LogP contribution in [0.3, 0.4) is 0 Å². The standard InChI is InChI=1S/C30H52O/c1-7-20(2)18-23-14-16-29(5)24(19-23)10-11-25-27-13-12-26(21(3)8-9-22(4)31)30(27,6)17-15-28(25)29/h20-21,23-28,31H,4,7-19H2,1-3,5-6H3/t20-,21?,23?,24?,25?,26?,27?,28?,29?,30?/m1/s1. The monoisotopic (exact) mass is 428 g/mol.